The Labute approximate surface area is 142 Å². The van der Waals surface area contributed by atoms with Crippen LogP contribution in [0.3, 0.4) is 0 Å². The number of carbonyl (C=O) groups is 1. The van der Waals surface area contributed by atoms with Crippen molar-refractivity contribution in [2.45, 2.75) is 25.4 Å². The largest absolute Gasteiger partial charge is 0.339 e. The first-order valence-electron chi connectivity index (χ1n) is 7.32. The minimum atomic E-state index is 0.0442. The highest BCUT2D eigenvalue weighted by molar-refractivity contribution is 9.10. The number of likely N-dealkylation sites (tertiary alicyclic amines) is 1. The van der Waals surface area contributed by atoms with Crippen LogP contribution < -0.4 is 5.32 Å². The summed E-state index contributed by atoms with van der Waals surface area (Å²) in [6.45, 7) is 5.30. The van der Waals surface area contributed by atoms with Gasteiger partial charge in [-0.15, -0.1) is 11.3 Å². The van der Waals surface area contributed by atoms with Crippen molar-refractivity contribution in [3.8, 4) is 0 Å². The molecule has 3 rings (SSSR count). The van der Waals surface area contributed by atoms with Crippen molar-refractivity contribution in [1.29, 1.82) is 0 Å². The summed E-state index contributed by atoms with van der Waals surface area (Å²) in [6, 6.07) is 2.11. The summed E-state index contributed by atoms with van der Waals surface area (Å²) in [5.41, 5.74) is 0. The number of carbonyl (C=O) groups excluding carboxylic acids is 1. The van der Waals surface area contributed by atoms with E-state index < -0.39 is 0 Å². The van der Waals surface area contributed by atoms with Gasteiger partial charge in [-0.3, -0.25) is 9.69 Å². The van der Waals surface area contributed by atoms with E-state index in [0.717, 1.165) is 60.9 Å². The average molecular weight is 393 g/mol. The second-order valence-corrected chi connectivity index (χ2v) is 8.13. The van der Waals surface area contributed by atoms with E-state index in [0.29, 0.717) is 5.91 Å². The summed E-state index contributed by atoms with van der Waals surface area (Å²) in [5, 5.41) is 3.29. The van der Waals surface area contributed by atoms with Crippen molar-refractivity contribution in [2.24, 2.45) is 0 Å². The molecule has 0 radical (unpaired) electrons. The number of hydrogen-bond acceptors (Lipinski definition) is 4. The van der Waals surface area contributed by atoms with Crippen LogP contribution in [0.15, 0.2) is 10.5 Å². The lowest BCUT2D eigenvalue weighted by atomic mass is 10.1. The van der Waals surface area contributed by atoms with Crippen LogP contribution in [0.25, 0.3) is 0 Å². The van der Waals surface area contributed by atoms with Gasteiger partial charge in [-0.05, 0) is 41.4 Å². The van der Waals surface area contributed by atoms with E-state index >= 15 is 0 Å². The van der Waals surface area contributed by atoms with Crippen LogP contribution in [0.1, 0.15) is 17.7 Å². The van der Waals surface area contributed by atoms with Crippen LogP contribution >= 0.6 is 38.9 Å². The third-order valence-corrected chi connectivity index (χ3v) is 6.59. The molecule has 1 amide bonds. The molecule has 0 bridgehead atoms. The van der Waals surface area contributed by atoms with Crippen molar-refractivity contribution >= 4 is 44.8 Å². The van der Waals surface area contributed by atoms with Crippen LogP contribution in [0, 0.1) is 0 Å². The maximum atomic E-state index is 12.7. The molecule has 21 heavy (non-hydrogen) atoms. The number of nitrogens with one attached hydrogen (secondary N) is 1. The lowest BCUT2D eigenvalue weighted by Crippen LogP contribution is -2.52. The number of halogens is 2. The molecule has 4 nitrogen and oxygen atoms in total. The van der Waals surface area contributed by atoms with Crippen LogP contribution in [-0.2, 0) is 11.3 Å². The van der Waals surface area contributed by atoms with Gasteiger partial charge in [0.2, 0.25) is 5.91 Å². The van der Waals surface area contributed by atoms with Crippen LogP contribution in [0.5, 0.6) is 0 Å². The molecular weight excluding hydrogens is 374 g/mol. The molecule has 7 heteroatoms. The minimum absolute atomic E-state index is 0.0442. The summed E-state index contributed by atoms with van der Waals surface area (Å²) >= 11 is 11.1. The van der Waals surface area contributed by atoms with Gasteiger partial charge >= 0.3 is 0 Å². The highest BCUT2D eigenvalue weighted by Gasteiger charge is 2.34. The smallest absolute Gasteiger partial charge is 0.240 e. The zero-order chi connectivity index (χ0) is 14.8. The first-order valence-corrected chi connectivity index (χ1v) is 9.31. The van der Waals surface area contributed by atoms with Gasteiger partial charge in [0.1, 0.15) is 4.34 Å². The lowest BCUT2D eigenvalue weighted by molar-refractivity contribution is -0.136. The van der Waals surface area contributed by atoms with Crippen molar-refractivity contribution < 1.29 is 4.79 Å². The highest BCUT2D eigenvalue weighted by Crippen LogP contribution is 2.34. The normalized spacial score (nSPS) is 23.7. The molecule has 0 aromatic carbocycles. The van der Waals surface area contributed by atoms with Gasteiger partial charge in [0, 0.05) is 42.1 Å². The minimum Gasteiger partial charge on any atom is -0.339 e. The third kappa shape index (κ3) is 3.62. The Hall–Kier alpha value is -0.140. The molecule has 0 spiro atoms. The van der Waals surface area contributed by atoms with Gasteiger partial charge in [0.05, 0.1) is 6.04 Å². The molecule has 1 unspecified atom stereocenters. The SMILES string of the molecule is O=C(C1CCCN1Cc1cc(Br)c(Cl)s1)N1CCNCC1. The van der Waals surface area contributed by atoms with Crippen molar-refractivity contribution in [2.75, 3.05) is 32.7 Å². The predicted molar refractivity (Wildman–Crippen MR) is 89.9 cm³/mol. The summed E-state index contributed by atoms with van der Waals surface area (Å²) in [6.07, 6.45) is 2.08. The average Bonchev–Trinajstić information content (AvgIpc) is 3.07. The van der Waals surface area contributed by atoms with E-state index in [-0.39, 0.29) is 6.04 Å². The number of rotatable bonds is 3. The van der Waals surface area contributed by atoms with E-state index in [9.17, 15) is 4.79 Å². The Balaban J connectivity index is 1.65. The van der Waals surface area contributed by atoms with Gasteiger partial charge < -0.3 is 10.2 Å². The predicted octanol–water partition coefficient (Wildman–Crippen LogP) is 2.56. The van der Waals surface area contributed by atoms with Gasteiger partial charge in [-0.2, -0.15) is 0 Å². The molecule has 0 aliphatic carbocycles. The molecule has 1 aromatic heterocycles. The van der Waals surface area contributed by atoms with Crippen LogP contribution in [0.2, 0.25) is 4.34 Å². The molecule has 2 aliphatic heterocycles. The molecule has 116 valence electrons. The van der Waals surface area contributed by atoms with Crippen molar-refractivity contribution in [3.63, 3.8) is 0 Å². The van der Waals surface area contributed by atoms with E-state index in [2.05, 4.69) is 32.2 Å². The first-order chi connectivity index (χ1) is 10.1. The van der Waals surface area contributed by atoms with Gasteiger partial charge in [-0.1, -0.05) is 11.6 Å². The molecule has 2 saturated heterocycles. The molecule has 2 aliphatic rings. The number of thiophene rings is 1. The first kappa shape index (κ1) is 15.7. The Morgan fingerprint density at radius 2 is 2.19 bits per heavy atom. The Morgan fingerprint density at radius 3 is 2.86 bits per heavy atom. The third-order valence-electron chi connectivity index (χ3n) is 4.13. The fraction of sp³-hybridized carbons (Fsp3) is 0.643. The zero-order valence-corrected chi connectivity index (χ0v) is 14.9. The number of hydrogen-bond donors (Lipinski definition) is 1. The van der Waals surface area contributed by atoms with Gasteiger partial charge in [0.15, 0.2) is 0 Å². The summed E-state index contributed by atoms with van der Waals surface area (Å²) in [7, 11) is 0. The van der Waals surface area contributed by atoms with E-state index in [4.69, 9.17) is 11.6 Å². The maximum Gasteiger partial charge on any atom is 0.240 e. The quantitative estimate of drug-likeness (QED) is 0.859. The van der Waals surface area contributed by atoms with E-state index in [1.54, 1.807) is 11.3 Å². The fourth-order valence-corrected chi connectivity index (χ4v) is 4.88. The zero-order valence-electron chi connectivity index (χ0n) is 11.8. The van der Waals surface area contributed by atoms with Crippen molar-refractivity contribution in [1.82, 2.24) is 15.1 Å². The van der Waals surface area contributed by atoms with Crippen LogP contribution in [0.4, 0.5) is 0 Å². The van der Waals surface area contributed by atoms with Gasteiger partial charge in [-0.25, -0.2) is 0 Å². The van der Waals surface area contributed by atoms with Gasteiger partial charge in [0.25, 0.3) is 0 Å². The maximum absolute atomic E-state index is 12.7. The Morgan fingerprint density at radius 1 is 1.43 bits per heavy atom. The second-order valence-electron chi connectivity index (χ2n) is 5.54. The topological polar surface area (TPSA) is 35.6 Å². The fourth-order valence-electron chi connectivity index (χ4n) is 3.06. The van der Waals surface area contributed by atoms with E-state index in [1.807, 2.05) is 4.90 Å². The molecular formula is C14H19BrClN3OS. The van der Waals surface area contributed by atoms with E-state index in [1.165, 1.54) is 4.88 Å². The molecule has 1 aromatic rings. The summed E-state index contributed by atoms with van der Waals surface area (Å²) in [5.74, 6) is 0.302. The van der Waals surface area contributed by atoms with Crippen molar-refractivity contribution in [3.05, 3.63) is 19.8 Å². The summed E-state index contributed by atoms with van der Waals surface area (Å²) in [4.78, 5) is 18.2. The molecule has 1 atom stereocenters. The number of nitrogens with zero attached hydrogens (tertiary/aromatic N) is 2. The Kier molecular flexibility index (Phi) is 5.22. The van der Waals surface area contributed by atoms with Crippen LogP contribution in [-0.4, -0.2) is 54.5 Å². The number of amides is 1. The Bertz CT molecular complexity index is 499. The molecule has 2 fully saturated rings. The molecule has 3 heterocycles. The summed E-state index contributed by atoms with van der Waals surface area (Å²) < 4.78 is 1.74. The lowest BCUT2D eigenvalue weighted by Gasteiger charge is -2.32. The highest BCUT2D eigenvalue weighted by atomic mass is 79.9. The number of piperazine rings is 1. The molecule has 0 saturated carbocycles. The molecule has 1 N–H and O–H groups in total. The monoisotopic (exact) mass is 391 g/mol. The standard InChI is InChI=1S/C14H19BrClN3OS/c15-11-8-10(21-13(11)16)9-19-5-1-2-12(19)14(20)18-6-3-17-4-7-18/h8,12,17H,1-7,9H2. The second kappa shape index (κ2) is 6.96.